The zero-order valence-electron chi connectivity index (χ0n) is 17.5. The van der Waals surface area contributed by atoms with E-state index in [1.54, 1.807) is 24.4 Å². The van der Waals surface area contributed by atoms with Crippen molar-refractivity contribution in [2.75, 3.05) is 0 Å². The molecule has 2 aliphatic carbocycles. The summed E-state index contributed by atoms with van der Waals surface area (Å²) < 4.78 is 15.1. The van der Waals surface area contributed by atoms with Gasteiger partial charge in [0, 0.05) is 12.4 Å². The highest BCUT2D eigenvalue weighted by molar-refractivity contribution is 9.10. The average Bonchev–Trinajstić information content (AvgIpc) is 3.27. The van der Waals surface area contributed by atoms with Gasteiger partial charge in [-0.15, -0.1) is 0 Å². The third-order valence-corrected chi connectivity index (χ3v) is 4.60. The third kappa shape index (κ3) is 10.2. The SMILES string of the molecule is C.C.C.CC1=C(C)CC=C1.[3H]c1ccc(Br)nc1.[3H]c1ccc(C2=C(C)C=CC2)nc1. The zero-order chi connectivity index (χ0) is 20.5. The molecule has 0 unspecified atom stereocenters. The van der Waals surface area contributed by atoms with Crippen LogP contribution in [-0.2, 0) is 0 Å². The van der Waals surface area contributed by atoms with E-state index in [0.29, 0.717) is 12.1 Å². The normalized spacial score (nSPS) is 14.2. The van der Waals surface area contributed by atoms with Crippen LogP contribution in [0.15, 0.2) is 94.4 Å². The van der Waals surface area contributed by atoms with Crippen LogP contribution >= 0.6 is 15.9 Å². The molecular formula is C26H37BrN2. The summed E-state index contributed by atoms with van der Waals surface area (Å²) in [5, 5.41) is 0. The van der Waals surface area contributed by atoms with Crippen LogP contribution < -0.4 is 0 Å². The van der Waals surface area contributed by atoms with Crippen LogP contribution in [0.4, 0.5) is 0 Å². The molecule has 2 nitrogen and oxygen atoms in total. The fourth-order valence-corrected chi connectivity index (χ4v) is 2.67. The van der Waals surface area contributed by atoms with E-state index in [2.05, 4.69) is 71.0 Å². The summed E-state index contributed by atoms with van der Waals surface area (Å²) in [5.74, 6) is 0. The summed E-state index contributed by atoms with van der Waals surface area (Å²) in [4.78, 5) is 8.03. The van der Waals surface area contributed by atoms with Crippen LogP contribution in [0.1, 0.15) is 64.3 Å². The average molecular weight is 462 g/mol. The maximum Gasteiger partial charge on any atom is 0.106 e. The summed E-state index contributed by atoms with van der Waals surface area (Å²) in [6.07, 6.45) is 13.9. The summed E-state index contributed by atoms with van der Waals surface area (Å²) in [6.45, 7) is 6.42. The van der Waals surface area contributed by atoms with Gasteiger partial charge in [-0.3, -0.25) is 4.98 Å². The first-order chi connectivity index (χ1) is 13.4. The molecule has 0 spiro atoms. The lowest BCUT2D eigenvalue weighted by molar-refractivity contribution is 1.22. The minimum Gasteiger partial charge on any atom is -0.257 e. The third-order valence-electron chi connectivity index (χ3n) is 4.14. The van der Waals surface area contributed by atoms with Crippen molar-refractivity contribution in [2.24, 2.45) is 0 Å². The molecule has 29 heavy (non-hydrogen) atoms. The van der Waals surface area contributed by atoms with E-state index in [4.69, 9.17) is 2.74 Å². The van der Waals surface area contributed by atoms with Gasteiger partial charge in [0.1, 0.15) is 4.60 Å². The Labute approximate surface area is 190 Å². The second kappa shape index (κ2) is 15.6. The van der Waals surface area contributed by atoms with Crippen molar-refractivity contribution in [3.8, 4) is 0 Å². The fraction of sp³-hybridized carbons (Fsp3) is 0.308. The van der Waals surface area contributed by atoms with Gasteiger partial charge >= 0.3 is 0 Å². The van der Waals surface area contributed by atoms with Gasteiger partial charge in [0.2, 0.25) is 0 Å². The summed E-state index contributed by atoms with van der Waals surface area (Å²) >= 11 is 3.15. The predicted molar refractivity (Wildman–Crippen MR) is 135 cm³/mol. The van der Waals surface area contributed by atoms with Gasteiger partial charge in [-0.1, -0.05) is 69.9 Å². The van der Waals surface area contributed by atoms with E-state index in [1.807, 2.05) is 6.07 Å². The van der Waals surface area contributed by atoms with Gasteiger partial charge in [0.25, 0.3) is 0 Å². The van der Waals surface area contributed by atoms with Crippen molar-refractivity contribution in [3.63, 3.8) is 0 Å². The first-order valence-electron chi connectivity index (χ1n) is 9.57. The maximum atomic E-state index is 7.32. The number of hydrogen-bond donors (Lipinski definition) is 0. The second-order valence-corrected chi connectivity index (χ2v) is 6.87. The number of allylic oxidation sites excluding steroid dienone is 8. The van der Waals surface area contributed by atoms with Crippen molar-refractivity contribution in [3.05, 3.63) is 100 Å². The Morgan fingerprint density at radius 3 is 1.76 bits per heavy atom. The van der Waals surface area contributed by atoms with Crippen molar-refractivity contribution >= 4 is 21.5 Å². The van der Waals surface area contributed by atoms with Crippen molar-refractivity contribution in [2.45, 2.75) is 55.9 Å². The highest BCUT2D eigenvalue weighted by Crippen LogP contribution is 2.26. The van der Waals surface area contributed by atoms with Crippen LogP contribution in [0.25, 0.3) is 5.57 Å². The number of aromatic nitrogens is 2. The van der Waals surface area contributed by atoms with Gasteiger partial charge in [-0.05, 0) is 84.9 Å². The molecule has 0 fully saturated rings. The summed E-state index contributed by atoms with van der Waals surface area (Å²) in [5.41, 5.74) is 6.52. The molecule has 0 bridgehead atoms. The standard InChI is InChI=1S/C11H11N.C7H10.C5H4BrN.3CH4/c1-9-5-4-6-10(9)11-7-2-3-8-12-11;1-6-4-3-5-7(6)2;6-5-3-1-2-4-7-5;;;/h2-5,7-8H,6H2,1H3;3-4H,5H2,1-2H3;1-4H;3*1H4/i3T;;2T;;;. The molecule has 0 aliphatic heterocycles. The lowest BCUT2D eigenvalue weighted by Crippen LogP contribution is -1.86. The van der Waals surface area contributed by atoms with Crippen molar-refractivity contribution < 1.29 is 2.74 Å². The number of pyridine rings is 2. The number of nitrogens with zero attached hydrogens (tertiary/aromatic N) is 2. The quantitative estimate of drug-likeness (QED) is 0.396. The Kier molecular flexibility index (Phi) is 13.4. The van der Waals surface area contributed by atoms with E-state index in [0.717, 1.165) is 16.7 Å². The Bertz CT molecular complexity index is 888. The molecule has 0 N–H and O–H groups in total. The van der Waals surface area contributed by atoms with Gasteiger partial charge in [-0.25, -0.2) is 4.98 Å². The van der Waals surface area contributed by atoms with E-state index in [9.17, 15) is 0 Å². The molecule has 2 heterocycles. The number of hydrogen-bond acceptors (Lipinski definition) is 2. The van der Waals surface area contributed by atoms with Crippen LogP contribution in [0, 0.1) is 0 Å². The molecule has 2 aromatic rings. The molecule has 2 aromatic heterocycles. The van der Waals surface area contributed by atoms with E-state index in [1.165, 1.54) is 34.9 Å². The molecule has 0 aromatic carbocycles. The van der Waals surface area contributed by atoms with Gasteiger partial charge in [0.05, 0.1) is 8.44 Å². The topological polar surface area (TPSA) is 25.8 Å². The van der Waals surface area contributed by atoms with E-state index in [-0.39, 0.29) is 22.3 Å². The smallest absolute Gasteiger partial charge is 0.106 e. The van der Waals surface area contributed by atoms with Crippen LogP contribution in [0.5, 0.6) is 0 Å². The molecule has 0 saturated carbocycles. The second-order valence-electron chi connectivity index (χ2n) is 6.06. The molecule has 3 heteroatoms. The lowest BCUT2D eigenvalue weighted by atomic mass is 10.1. The molecule has 4 rings (SSSR count). The highest BCUT2D eigenvalue weighted by atomic mass is 79.9. The lowest BCUT2D eigenvalue weighted by Gasteiger charge is -2.01. The van der Waals surface area contributed by atoms with Crippen LogP contribution in [-0.4, -0.2) is 9.97 Å². The number of rotatable bonds is 1. The zero-order valence-corrected chi connectivity index (χ0v) is 17.0. The molecule has 158 valence electrons. The Morgan fingerprint density at radius 2 is 1.41 bits per heavy atom. The monoisotopic (exact) mass is 460 g/mol. The Balaban J connectivity index is 0. The maximum absolute atomic E-state index is 7.32. The summed E-state index contributed by atoms with van der Waals surface area (Å²) in [6, 6.07) is 8.01. The first kappa shape index (κ1) is 24.8. The van der Waals surface area contributed by atoms with Crippen LogP contribution in [0.2, 0.25) is 0 Å². The molecular weight excluding hydrogens is 420 g/mol. The van der Waals surface area contributed by atoms with Gasteiger partial charge < -0.3 is 0 Å². The summed E-state index contributed by atoms with van der Waals surface area (Å²) in [7, 11) is 0. The number of halogens is 1. The molecule has 0 radical (unpaired) electrons. The largest absolute Gasteiger partial charge is 0.257 e. The highest BCUT2D eigenvalue weighted by Gasteiger charge is 2.07. The van der Waals surface area contributed by atoms with E-state index >= 15 is 0 Å². The minimum atomic E-state index is 0. The van der Waals surface area contributed by atoms with E-state index < -0.39 is 0 Å². The van der Waals surface area contributed by atoms with Crippen molar-refractivity contribution in [1.82, 2.24) is 9.97 Å². The van der Waals surface area contributed by atoms with Crippen LogP contribution in [0.3, 0.4) is 0 Å². The predicted octanol–water partition coefficient (Wildman–Crippen LogP) is 8.85. The molecule has 2 aliphatic rings. The molecule has 0 saturated heterocycles. The van der Waals surface area contributed by atoms with Gasteiger partial charge in [-0.2, -0.15) is 0 Å². The van der Waals surface area contributed by atoms with Gasteiger partial charge in [0.15, 0.2) is 0 Å². The Hall–Kier alpha value is -2.26. The minimum absolute atomic E-state index is 0. The fourth-order valence-electron chi connectivity index (χ4n) is 2.44. The molecule has 0 amide bonds. The first-order valence-corrected chi connectivity index (χ1v) is 9.36. The molecule has 0 atom stereocenters. The van der Waals surface area contributed by atoms with Crippen molar-refractivity contribution in [1.29, 1.82) is 0 Å². The Morgan fingerprint density at radius 1 is 0.828 bits per heavy atom.